The van der Waals surface area contributed by atoms with Crippen LogP contribution in [0.1, 0.15) is 42.9 Å². The van der Waals surface area contributed by atoms with Gasteiger partial charge in [-0.25, -0.2) is 4.68 Å². The highest BCUT2D eigenvalue weighted by Crippen LogP contribution is 2.47. The summed E-state index contributed by atoms with van der Waals surface area (Å²) in [6, 6.07) is 18.9. The molecule has 1 aliphatic rings. The predicted octanol–water partition coefficient (Wildman–Crippen LogP) is 5.43. The second kappa shape index (κ2) is 6.17. The number of rotatable bonds is 3. The van der Waals surface area contributed by atoms with Gasteiger partial charge in [-0.2, -0.15) is 5.10 Å². The van der Waals surface area contributed by atoms with Gasteiger partial charge in [0.2, 0.25) is 5.88 Å². The Hall–Kier alpha value is -2.81. The van der Waals surface area contributed by atoms with Gasteiger partial charge in [-0.3, -0.25) is 0 Å². The average Bonchev–Trinajstić information content (AvgIpc) is 3.06. The van der Waals surface area contributed by atoms with Crippen molar-refractivity contribution in [3.05, 3.63) is 89.6 Å². The molecule has 3 nitrogen and oxygen atoms in total. The Morgan fingerprint density at radius 3 is 2.50 bits per heavy atom. The lowest BCUT2D eigenvalue weighted by Gasteiger charge is -2.39. The number of benzene rings is 2. The lowest BCUT2D eigenvalue weighted by atomic mass is 9.78. The molecule has 2 heterocycles. The molecule has 0 bridgehead atoms. The van der Waals surface area contributed by atoms with E-state index >= 15 is 0 Å². The maximum atomic E-state index is 6.48. The molecule has 0 unspecified atom stereocenters. The zero-order valence-corrected chi connectivity index (χ0v) is 15.6. The zero-order valence-electron chi connectivity index (χ0n) is 15.6. The van der Waals surface area contributed by atoms with E-state index in [9.17, 15) is 0 Å². The second-order valence-corrected chi connectivity index (χ2v) is 7.43. The van der Waals surface area contributed by atoms with Gasteiger partial charge in [0.1, 0.15) is 5.60 Å². The molecule has 26 heavy (non-hydrogen) atoms. The number of aryl methyl sites for hydroxylation is 1. The highest BCUT2D eigenvalue weighted by atomic mass is 16.5. The largest absolute Gasteiger partial charge is 0.466 e. The molecule has 3 heteroatoms. The van der Waals surface area contributed by atoms with Crippen molar-refractivity contribution in [3.63, 3.8) is 0 Å². The highest BCUT2D eigenvalue weighted by molar-refractivity contribution is 5.46. The lowest BCUT2D eigenvalue weighted by molar-refractivity contribution is 0.0857. The van der Waals surface area contributed by atoms with Crippen LogP contribution in [0.2, 0.25) is 0 Å². The minimum Gasteiger partial charge on any atom is -0.466 e. The number of hydrogen-bond acceptors (Lipinski definition) is 2. The van der Waals surface area contributed by atoms with Gasteiger partial charge >= 0.3 is 0 Å². The normalized spacial score (nSPS) is 21.7. The molecule has 0 spiro atoms. The molecule has 1 aromatic heterocycles. The summed E-state index contributed by atoms with van der Waals surface area (Å²) in [5.74, 6) is 1.05. The molecular formula is C23H24N2O. The number of hydrogen-bond donors (Lipinski definition) is 0. The smallest absolute Gasteiger partial charge is 0.221 e. The number of nitrogens with zero attached hydrogens (tertiary/aromatic N) is 2. The second-order valence-electron chi connectivity index (χ2n) is 7.43. The molecule has 0 N–H and O–H groups in total. The summed E-state index contributed by atoms with van der Waals surface area (Å²) in [5, 5.41) is 4.65. The lowest BCUT2D eigenvalue weighted by Crippen LogP contribution is -2.39. The van der Waals surface area contributed by atoms with Gasteiger partial charge in [0.05, 0.1) is 11.9 Å². The van der Waals surface area contributed by atoms with E-state index in [1.54, 1.807) is 0 Å². The molecule has 0 saturated carbocycles. The SMILES string of the molecule is C=C(C)[C@@]1(C)C[C@H](c2ccc(C)cc2)c2cnn(-c3ccccc3)c2O1. The number of aromatic nitrogens is 2. The molecule has 0 radical (unpaired) electrons. The molecular weight excluding hydrogens is 320 g/mol. The monoisotopic (exact) mass is 344 g/mol. The zero-order chi connectivity index (χ0) is 18.3. The van der Waals surface area contributed by atoms with Crippen LogP contribution in [0.4, 0.5) is 0 Å². The summed E-state index contributed by atoms with van der Waals surface area (Å²) in [6.45, 7) is 10.5. The third-order valence-corrected chi connectivity index (χ3v) is 5.43. The third kappa shape index (κ3) is 2.74. The van der Waals surface area contributed by atoms with Crippen molar-refractivity contribution in [2.24, 2.45) is 0 Å². The van der Waals surface area contributed by atoms with Crippen LogP contribution in [0.3, 0.4) is 0 Å². The van der Waals surface area contributed by atoms with Crippen molar-refractivity contribution in [2.75, 3.05) is 0 Å². The summed E-state index contributed by atoms with van der Waals surface area (Å²) in [5.41, 5.74) is 5.30. The van der Waals surface area contributed by atoms with E-state index in [0.717, 1.165) is 29.1 Å². The fourth-order valence-electron chi connectivity index (χ4n) is 3.56. The fourth-order valence-corrected chi connectivity index (χ4v) is 3.56. The fraction of sp³-hybridized carbons (Fsp3) is 0.261. The van der Waals surface area contributed by atoms with Gasteiger partial charge in [-0.1, -0.05) is 54.6 Å². The minimum absolute atomic E-state index is 0.235. The van der Waals surface area contributed by atoms with Crippen LogP contribution in [0.5, 0.6) is 5.88 Å². The van der Waals surface area contributed by atoms with Crippen LogP contribution >= 0.6 is 0 Å². The molecule has 0 aliphatic carbocycles. The maximum absolute atomic E-state index is 6.48. The first kappa shape index (κ1) is 16.6. The van der Waals surface area contributed by atoms with Gasteiger partial charge in [-0.05, 0) is 44.0 Å². The molecule has 3 aromatic rings. The van der Waals surface area contributed by atoms with Crippen LogP contribution in [0, 0.1) is 6.92 Å². The van der Waals surface area contributed by atoms with E-state index in [2.05, 4.69) is 49.8 Å². The van der Waals surface area contributed by atoms with Gasteiger partial charge in [0, 0.05) is 17.9 Å². The van der Waals surface area contributed by atoms with Crippen LogP contribution in [0.25, 0.3) is 5.69 Å². The van der Waals surface area contributed by atoms with E-state index in [1.165, 1.54) is 11.1 Å². The topological polar surface area (TPSA) is 27.1 Å². The van der Waals surface area contributed by atoms with Gasteiger partial charge in [0.15, 0.2) is 0 Å². The summed E-state index contributed by atoms with van der Waals surface area (Å²) >= 11 is 0. The molecule has 0 saturated heterocycles. The third-order valence-electron chi connectivity index (χ3n) is 5.43. The average molecular weight is 344 g/mol. The first-order valence-corrected chi connectivity index (χ1v) is 9.03. The molecule has 4 rings (SSSR count). The van der Waals surface area contributed by atoms with E-state index in [0.29, 0.717) is 0 Å². The Morgan fingerprint density at radius 2 is 1.85 bits per heavy atom. The minimum atomic E-state index is -0.422. The van der Waals surface area contributed by atoms with E-state index in [-0.39, 0.29) is 5.92 Å². The molecule has 0 amide bonds. The van der Waals surface area contributed by atoms with Crippen molar-refractivity contribution < 1.29 is 4.74 Å². The Kier molecular flexibility index (Phi) is 3.95. The van der Waals surface area contributed by atoms with Crippen molar-refractivity contribution >= 4 is 0 Å². The number of para-hydroxylation sites is 1. The quantitative estimate of drug-likeness (QED) is 0.592. The van der Waals surface area contributed by atoms with Gasteiger partial charge in [0.25, 0.3) is 0 Å². The van der Waals surface area contributed by atoms with Crippen LogP contribution < -0.4 is 4.74 Å². The first-order valence-electron chi connectivity index (χ1n) is 9.03. The molecule has 2 atom stereocenters. The number of ether oxygens (including phenoxy) is 1. The Bertz CT molecular complexity index is 940. The molecule has 1 aliphatic heterocycles. The highest BCUT2D eigenvalue weighted by Gasteiger charge is 2.41. The van der Waals surface area contributed by atoms with Crippen LogP contribution in [-0.2, 0) is 0 Å². The Balaban J connectivity index is 1.87. The molecule has 0 fully saturated rings. The standard InChI is InChI=1S/C23H24N2O/c1-16(2)23(4)14-20(18-12-10-17(3)11-13-18)21-15-24-25(22(21)26-23)19-8-6-5-7-9-19/h5-13,15,20H,1,14H2,2-4H3/t20-,23-/m1/s1. The number of fused-ring (bicyclic) bond motifs is 1. The summed E-state index contributed by atoms with van der Waals surface area (Å²) < 4.78 is 8.38. The molecule has 2 aromatic carbocycles. The van der Waals surface area contributed by atoms with Crippen molar-refractivity contribution in [1.29, 1.82) is 0 Å². The summed E-state index contributed by atoms with van der Waals surface area (Å²) in [6.07, 6.45) is 2.81. The maximum Gasteiger partial charge on any atom is 0.221 e. The van der Waals surface area contributed by atoms with Crippen LogP contribution in [-0.4, -0.2) is 15.4 Å². The first-order chi connectivity index (χ1) is 12.5. The van der Waals surface area contributed by atoms with E-state index in [4.69, 9.17) is 4.74 Å². The van der Waals surface area contributed by atoms with Gasteiger partial charge < -0.3 is 4.74 Å². The summed E-state index contributed by atoms with van der Waals surface area (Å²) in [7, 11) is 0. The Labute approximate surface area is 154 Å². The Morgan fingerprint density at radius 1 is 1.15 bits per heavy atom. The molecule has 132 valence electrons. The predicted molar refractivity (Wildman–Crippen MR) is 105 cm³/mol. The van der Waals surface area contributed by atoms with E-state index < -0.39 is 5.60 Å². The van der Waals surface area contributed by atoms with Crippen molar-refractivity contribution in [3.8, 4) is 11.6 Å². The van der Waals surface area contributed by atoms with Crippen molar-refractivity contribution in [2.45, 2.75) is 38.7 Å². The van der Waals surface area contributed by atoms with E-state index in [1.807, 2.05) is 48.1 Å². The van der Waals surface area contributed by atoms with Crippen LogP contribution in [0.15, 0.2) is 72.9 Å². The van der Waals surface area contributed by atoms with Gasteiger partial charge in [-0.15, -0.1) is 0 Å². The van der Waals surface area contributed by atoms with Crippen molar-refractivity contribution in [1.82, 2.24) is 9.78 Å². The summed E-state index contributed by atoms with van der Waals surface area (Å²) in [4.78, 5) is 0.